The van der Waals surface area contributed by atoms with Crippen LogP contribution in [-0.4, -0.2) is 18.0 Å². The Hall–Kier alpha value is -3.64. The molecule has 0 atom stereocenters. The molecule has 0 saturated heterocycles. The van der Waals surface area contributed by atoms with Gasteiger partial charge in [-0.25, -0.2) is 5.43 Å². The van der Waals surface area contributed by atoms with Gasteiger partial charge in [-0.15, -0.1) is 0 Å². The molecule has 3 rings (SSSR count). The van der Waals surface area contributed by atoms with Gasteiger partial charge in [-0.05, 0) is 66.6 Å². The highest BCUT2D eigenvalue weighted by Gasteiger charge is 2.12. The summed E-state index contributed by atoms with van der Waals surface area (Å²) in [5.74, 6) is -0.979. The Balaban J connectivity index is 1.46. The van der Waals surface area contributed by atoms with Gasteiger partial charge in [-0.1, -0.05) is 41.4 Å². The fraction of sp³-hybridized carbons (Fsp3) is 0.0870. The first-order valence-electron chi connectivity index (χ1n) is 9.18. The van der Waals surface area contributed by atoms with E-state index in [-0.39, 0.29) is 0 Å². The topological polar surface area (TPSA) is 79.8 Å². The lowest BCUT2D eigenvalue weighted by molar-refractivity contribution is -0.136. The number of hydrogen-bond acceptors (Lipinski definition) is 4. The van der Waals surface area contributed by atoms with Crippen molar-refractivity contribution in [2.45, 2.75) is 13.5 Å². The molecule has 0 spiro atoms. The molecule has 0 radical (unpaired) electrons. The minimum Gasteiger partial charge on any atom is -0.489 e. The van der Waals surface area contributed by atoms with Crippen LogP contribution in [0.25, 0.3) is 0 Å². The summed E-state index contributed by atoms with van der Waals surface area (Å²) in [7, 11) is 0. The summed E-state index contributed by atoms with van der Waals surface area (Å²) >= 11 is 5.78. The number of nitrogens with one attached hydrogen (secondary N) is 2. The third-order valence-corrected chi connectivity index (χ3v) is 4.35. The molecule has 30 heavy (non-hydrogen) atoms. The Kier molecular flexibility index (Phi) is 7.19. The monoisotopic (exact) mass is 421 g/mol. The molecule has 0 aromatic heterocycles. The Bertz CT molecular complexity index is 1030. The van der Waals surface area contributed by atoms with Crippen molar-refractivity contribution >= 4 is 35.3 Å². The first-order chi connectivity index (χ1) is 14.5. The van der Waals surface area contributed by atoms with Crippen LogP contribution in [0.3, 0.4) is 0 Å². The standard InChI is InChI=1S/C23H20ClN3O3/c1-16-2-4-18(5-3-16)15-30-21-12-6-17(7-13-21)14-25-27-23(29)22(28)26-20-10-8-19(24)9-11-20/h2-14H,15H2,1H3,(H,26,28)(H,27,29)/b25-14-. The van der Waals surface area contributed by atoms with E-state index in [2.05, 4.69) is 15.8 Å². The van der Waals surface area contributed by atoms with E-state index in [1.165, 1.54) is 11.8 Å². The molecule has 0 heterocycles. The fourth-order valence-electron chi connectivity index (χ4n) is 2.44. The molecule has 0 aliphatic heterocycles. The van der Waals surface area contributed by atoms with Crippen molar-refractivity contribution in [1.29, 1.82) is 0 Å². The van der Waals surface area contributed by atoms with E-state index in [9.17, 15) is 9.59 Å². The number of halogens is 1. The average molecular weight is 422 g/mol. The quantitative estimate of drug-likeness (QED) is 0.353. The Labute approximate surface area is 179 Å². The molecule has 3 aromatic carbocycles. The third-order valence-electron chi connectivity index (χ3n) is 4.09. The van der Waals surface area contributed by atoms with Gasteiger partial charge in [0.1, 0.15) is 12.4 Å². The van der Waals surface area contributed by atoms with Crippen molar-refractivity contribution < 1.29 is 14.3 Å². The molecule has 6 nitrogen and oxygen atoms in total. The lowest BCUT2D eigenvalue weighted by Gasteiger charge is -2.07. The van der Waals surface area contributed by atoms with Crippen molar-refractivity contribution in [1.82, 2.24) is 5.43 Å². The molecule has 3 aromatic rings. The second-order valence-corrected chi connectivity index (χ2v) is 6.94. The summed E-state index contributed by atoms with van der Waals surface area (Å²) in [5, 5.41) is 6.79. The molecular weight excluding hydrogens is 402 g/mol. The fourth-order valence-corrected chi connectivity index (χ4v) is 2.56. The van der Waals surface area contributed by atoms with Crippen LogP contribution in [0.4, 0.5) is 5.69 Å². The third kappa shape index (κ3) is 6.46. The van der Waals surface area contributed by atoms with Gasteiger partial charge >= 0.3 is 11.8 Å². The minimum absolute atomic E-state index is 0.463. The maximum absolute atomic E-state index is 11.8. The number of amides is 2. The molecule has 2 amide bonds. The van der Waals surface area contributed by atoms with Gasteiger partial charge in [0.2, 0.25) is 0 Å². The van der Waals surface area contributed by atoms with Crippen LogP contribution >= 0.6 is 11.6 Å². The highest BCUT2D eigenvalue weighted by molar-refractivity contribution is 6.39. The molecule has 0 fully saturated rings. The molecule has 0 unspecified atom stereocenters. The number of hydrogen-bond donors (Lipinski definition) is 2. The van der Waals surface area contributed by atoms with Crippen molar-refractivity contribution in [3.63, 3.8) is 0 Å². The second kappa shape index (κ2) is 10.2. The lowest BCUT2D eigenvalue weighted by atomic mass is 10.2. The normalized spacial score (nSPS) is 10.6. The van der Waals surface area contributed by atoms with Gasteiger partial charge in [0, 0.05) is 10.7 Å². The first-order valence-corrected chi connectivity index (χ1v) is 9.56. The number of aryl methyl sites for hydroxylation is 1. The molecule has 0 saturated carbocycles. The molecule has 0 aliphatic carbocycles. The maximum atomic E-state index is 11.8. The summed E-state index contributed by atoms with van der Waals surface area (Å²) in [4.78, 5) is 23.7. The van der Waals surface area contributed by atoms with Gasteiger partial charge < -0.3 is 10.1 Å². The van der Waals surface area contributed by atoms with Crippen LogP contribution in [0.1, 0.15) is 16.7 Å². The summed E-state index contributed by atoms with van der Waals surface area (Å²) < 4.78 is 5.75. The highest BCUT2D eigenvalue weighted by atomic mass is 35.5. The van der Waals surface area contributed by atoms with Gasteiger partial charge in [-0.2, -0.15) is 5.10 Å². The SMILES string of the molecule is Cc1ccc(COc2ccc(/C=N\NC(=O)C(=O)Nc3ccc(Cl)cc3)cc2)cc1. The van der Waals surface area contributed by atoms with Gasteiger partial charge in [0.25, 0.3) is 0 Å². The van der Waals surface area contributed by atoms with Gasteiger partial charge in [0.05, 0.1) is 6.21 Å². The van der Waals surface area contributed by atoms with E-state index in [0.29, 0.717) is 17.3 Å². The van der Waals surface area contributed by atoms with E-state index < -0.39 is 11.8 Å². The summed E-state index contributed by atoms with van der Waals surface area (Å²) in [6.45, 7) is 2.52. The zero-order chi connectivity index (χ0) is 21.3. The highest BCUT2D eigenvalue weighted by Crippen LogP contribution is 2.14. The number of anilines is 1. The van der Waals surface area contributed by atoms with Crippen LogP contribution in [0.5, 0.6) is 5.75 Å². The van der Waals surface area contributed by atoms with E-state index in [1.54, 1.807) is 36.4 Å². The summed E-state index contributed by atoms with van der Waals surface area (Å²) in [6, 6.07) is 21.8. The number of hydrazone groups is 1. The minimum atomic E-state index is -0.876. The van der Waals surface area contributed by atoms with Crippen molar-refractivity contribution in [3.05, 3.63) is 94.5 Å². The number of ether oxygens (including phenoxy) is 1. The summed E-state index contributed by atoms with van der Waals surface area (Å²) in [6.07, 6.45) is 1.44. The van der Waals surface area contributed by atoms with Crippen LogP contribution < -0.4 is 15.5 Å². The molecule has 152 valence electrons. The van der Waals surface area contributed by atoms with E-state index in [1.807, 2.05) is 43.3 Å². The Morgan fingerprint density at radius 1 is 0.933 bits per heavy atom. The largest absolute Gasteiger partial charge is 0.489 e. The smallest absolute Gasteiger partial charge is 0.329 e. The Morgan fingerprint density at radius 3 is 2.27 bits per heavy atom. The number of carbonyl (C=O) groups excluding carboxylic acids is 2. The van der Waals surface area contributed by atoms with Crippen molar-refractivity contribution in [3.8, 4) is 5.75 Å². The number of rotatable bonds is 6. The average Bonchev–Trinajstić information content (AvgIpc) is 2.76. The van der Waals surface area contributed by atoms with Gasteiger partial charge in [-0.3, -0.25) is 9.59 Å². The molecular formula is C23H20ClN3O3. The number of nitrogens with zero attached hydrogens (tertiary/aromatic N) is 1. The van der Waals surface area contributed by atoms with E-state index in [0.717, 1.165) is 16.9 Å². The predicted molar refractivity (Wildman–Crippen MR) is 118 cm³/mol. The van der Waals surface area contributed by atoms with Crippen LogP contribution in [-0.2, 0) is 16.2 Å². The van der Waals surface area contributed by atoms with Crippen molar-refractivity contribution in [2.24, 2.45) is 5.10 Å². The molecule has 0 bridgehead atoms. The molecule has 7 heteroatoms. The summed E-state index contributed by atoms with van der Waals surface area (Å²) in [5.41, 5.74) is 5.69. The maximum Gasteiger partial charge on any atom is 0.329 e. The predicted octanol–water partition coefficient (Wildman–Crippen LogP) is 4.32. The van der Waals surface area contributed by atoms with Crippen LogP contribution in [0, 0.1) is 6.92 Å². The zero-order valence-electron chi connectivity index (χ0n) is 16.3. The van der Waals surface area contributed by atoms with E-state index >= 15 is 0 Å². The van der Waals surface area contributed by atoms with Crippen LogP contribution in [0.2, 0.25) is 5.02 Å². The van der Waals surface area contributed by atoms with E-state index in [4.69, 9.17) is 16.3 Å². The van der Waals surface area contributed by atoms with Crippen molar-refractivity contribution in [2.75, 3.05) is 5.32 Å². The molecule has 0 aliphatic rings. The Morgan fingerprint density at radius 2 is 1.60 bits per heavy atom. The second-order valence-electron chi connectivity index (χ2n) is 6.50. The van der Waals surface area contributed by atoms with Crippen LogP contribution in [0.15, 0.2) is 77.9 Å². The zero-order valence-corrected chi connectivity index (χ0v) is 17.0. The molecule has 2 N–H and O–H groups in total. The van der Waals surface area contributed by atoms with Gasteiger partial charge in [0.15, 0.2) is 0 Å². The first kappa shape index (κ1) is 21.1. The lowest BCUT2D eigenvalue weighted by Crippen LogP contribution is -2.32. The number of carbonyl (C=O) groups is 2. The number of benzene rings is 3.